The quantitative estimate of drug-likeness (QED) is 0.137. The van der Waals surface area contributed by atoms with Crippen LogP contribution in [0.3, 0.4) is 0 Å². The number of rotatable bonds is 10. The lowest BCUT2D eigenvalue weighted by molar-refractivity contribution is 0.669. The monoisotopic (exact) mass is 931 g/mol. The first kappa shape index (κ1) is 43.3. The highest BCUT2D eigenvalue weighted by Gasteiger charge is 2.32. The Morgan fingerprint density at radius 3 is 1.23 bits per heavy atom. The minimum absolute atomic E-state index is 0.702. The molecule has 13 aromatic rings. The average Bonchev–Trinajstić information content (AvgIpc) is 3.86. The minimum Gasteiger partial charge on any atom is -0.456 e. The predicted molar refractivity (Wildman–Crippen MR) is 301 cm³/mol. The molecule has 0 saturated carbocycles. The van der Waals surface area contributed by atoms with E-state index in [1.165, 1.54) is 0 Å². The number of aromatic nitrogens is 3. The summed E-state index contributed by atoms with van der Waals surface area (Å²) in [5.41, 5.74) is 21.6. The fourth-order valence-electron chi connectivity index (χ4n) is 10.8. The maximum atomic E-state index is 6.86. The van der Waals surface area contributed by atoms with Crippen LogP contribution in [0.5, 0.6) is 0 Å². The maximum Gasteiger partial charge on any atom is 0.136 e. The molecule has 0 radical (unpaired) electrons. The third kappa shape index (κ3) is 7.79. The van der Waals surface area contributed by atoms with Gasteiger partial charge in [0, 0.05) is 38.6 Å². The zero-order valence-corrected chi connectivity index (χ0v) is 39.7. The van der Waals surface area contributed by atoms with Gasteiger partial charge in [-0.3, -0.25) is 0 Å². The van der Waals surface area contributed by atoms with Gasteiger partial charge in [0.25, 0.3) is 0 Å². The van der Waals surface area contributed by atoms with Crippen molar-refractivity contribution in [2.75, 3.05) is 0 Å². The lowest BCUT2D eigenvalue weighted by atomic mass is 9.75. The van der Waals surface area contributed by atoms with E-state index < -0.39 is 0 Å². The number of hydrogen-bond acceptors (Lipinski definition) is 4. The summed E-state index contributed by atoms with van der Waals surface area (Å²) < 4.78 is 6.86. The van der Waals surface area contributed by atoms with Gasteiger partial charge in [0.15, 0.2) is 0 Å². The Morgan fingerprint density at radius 2 is 0.658 bits per heavy atom. The molecule has 0 aliphatic rings. The fourth-order valence-corrected chi connectivity index (χ4v) is 10.8. The van der Waals surface area contributed by atoms with Crippen LogP contribution in [0.1, 0.15) is 0 Å². The van der Waals surface area contributed by atoms with Gasteiger partial charge in [-0.25, -0.2) is 0 Å². The molecule has 4 heteroatoms. The summed E-state index contributed by atoms with van der Waals surface area (Å²) in [6.07, 6.45) is 0. The van der Waals surface area contributed by atoms with Crippen molar-refractivity contribution in [2.45, 2.75) is 0 Å². The second kappa shape index (κ2) is 18.9. The van der Waals surface area contributed by atoms with Crippen LogP contribution in [0.2, 0.25) is 0 Å². The normalized spacial score (nSPS) is 11.3. The summed E-state index contributed by atoms with van der Waals surface area (Å²) in [7, 11) is 0. The molecule has 0 aliphatic carbocycles. The van der Waals surface area contributed by atoms with Crippen LogP contribution in [-0.4, -0.2) is 15.4 Å². The molecular formula is C69H45N3O. The zero-order valence-electron chi connectivity index (χ0n) is 39.7. The molecule has 0 atom stereocenters. The van der Waals surface area contributed by atoms with Gasteiger partial charge in [-0.1, -0.05) is 255 Å². The van der Waals surface area contributed by atoms with Crippen molar-refractivity contribution in [1.29, 1.82) is 0 Å². The summed E-state index contributed by atoms with van der Waals surface area (Å²) in [4.78, 5) is 0. The van der Waals surface area contributed by atoms with Gasteiger partial charge in [0.1, 0.15) is 22.6 Å². The molecule has 342 valence electrons. The number of hydrogen-bond donors (Lipinski definition) is 0. The van der Waals surface area contributed by atoms with Crippen molar-refractivity contribution in [1.82, 2.24) is 15.4 Å². The Balaban J connectivity index is 1.31. The van der Waals surface area contributed by atoms with Crippen molar-refractivity contribution in [2.24, 2.45) is 0 Å². The van der Waals surface area contributed by atoms with E-state index in [4.69, 9.17) is 19.8 Å². The van der Waals surface area contributed by atoms with Crippen molar-refractivity contribution in [3.8, 4) is 112 Å². The molecule has 73 heavy (non-hydrogen) atoms. The second-order valence-corrected chi connectivity index (χ2v) is 18.2. The maximum absolute atomic E-state index is 6.86. The summed E-state index contributed by atoms with van der Waals surface area (Å²) in [5.74, 6) is 0. The SMILES string of the molecule is c1ccc(-c2ccccc2-c2cc(-c3ccccc3)c(-c3c(-c4ccccc4)ccc4oc5ccccc5c34)c(-c3nnnc(-c4ccccc4-c4ccccc4)c3-c3ccccc3)c2-c2ccccc2)cc1. The van der Waals surface area contributed by atoms with E-state index in [2.05, 4.69) is 267 Å². The zero-order chi connectivity index (χ0) is 48.5. The van der Waals surface area contributed by atoms with Crippen LogP contribution < -0.4 is 0 Å². The minimum atomic E-state index is 0.702. The fraction of sp³-hybridized carbons (Fsp3) is 0. The highest BCUT2D eigenvalue weighted by molar-refractivity contribution is 6.22. The summed E-state index contributed by atoms with van der Waals surface area (Å²) in [6.45, 7) is 0. The summed E-state index contributed by atoms with van der Waals surface area (Å²) in [6, 6.07) is 96.7. The third-order valence-electron chi connectivity index (χ3n) is 14.0. The van der Waals surface area contributed by atoms with Crippen LogP contribution in [0.25, 0.3) is 133 Å². The Morgan fingerprint density at radius 1 is 0.233 bits per heavy atom. The van der Waals surface area contributed by atoms with Gasteiger partial charge in [0.2, 0.25) is 0 Å². The average molecular weight is 932 g/mol. The Labute approximate surface area is 424 Å². The Bertz CT molecular complexity index is 4100. The van der Waals surface area contributed by atoms with Gasteiger partial charge in [0.05, 0.1) is 0 Å². The van der Waals surface area contributed by atoms with Gasteiger partial charge < -0.3 is 4.42 Å². The lowest BCUT2D eigenvalue weighted by Gasteiger charge is -2.27. The molecule has 13 rings (SSSR count). The van der Waals surface area contributed by atoms with Crippen LogP contribution in [0, 0.1) is 0 Å². The predicted octanol–water partition coefficient (Wildman–Crippen LogP) is 18.4. The highest BCUT2D eigenvalue weighted by atomic mass is 16.3. The largest absolute Gasteiger partial charge is 0.456 e. The Hall–Kier alpha value is -9.77. The van der Waals surface area contributed by atoms with E-state index in [9.17, 15) is 0 Å². The number of para-hydroxylation sites is 1. The molecule has 0 bridgehead atoms. The molecule has 0 saturated heterocycles. The molecule has 11 aromatic carbocycles. The smallest absolute Gasteiger partial charge is 0.136 e. The molecule has 4 nitrogen and oxygen atoms in total. The van der Waals surface area contributed by atoms with Crippen molar-refractivity contribution < 1.29 is 4.42 Å². The van der Waals surface area contributed by atoms with Gasteiger partial charge in [-0.05, 0) is 95.7 Å². The molecule has 0 spiro atoms. The Kier molecular flexibility index (Phi) is 11.2. The topological polar surface area (TPSA) is 51.8 Å². The number of benzene rings is 11. The van der Waals surface area contributed by atoms with Crippen molar-refractivity contribution in [3.63, 3.8) is 0 Å². The second-order valence-electron chi connectivity index (χ2n) is 18.2. The molecule has 0 unspecified atom stereocenters. The molecule has 2 heterocycles. The van der Waals surface area contributed by atoms with E-state index in [1.54, 1.807) is 0 Å². The summed E-state index contributed by atoms with van der Waals surface area (Å²) in [5, 5.41) is 17.4. The first-order chi connectivity index (χ1) is 36.3. The molecule has 0 N–H and O–H groups in total. The molecule has 0 fully saturated rings. The lowest BCUT2D eigenvalue weighted by Crippen LogP contribution is -2.06. The van der Waals surface area contributed by atoms with Gasteiger partial charge in [-0.15, -0.1) is 10.2 Å². The van der Waals surface area contributed by atoms with Gasteiger partial charge >= 0.3 is 0 Å². The number of fused-ring (bicyclic) bond motifs is 3. The number of nitrogens with zero attached hydrogens (tertiary/aromatic N) is 3. The van der Waals surface area contributed by atoms with Crippen molar-refractivity contribution >= 4 is 21.9 Å². The van der Waals surface area contributed by atoms with E-state index in [0.717, 1.165) is 128 Å². The molecule has 0 amide bonds. The molecule has 2 aromatic heterocycles. The van der Waals surface area contributed by atoms with Crippen LogP contribution >= 0.6 is 0 Å². The van der Waals surface area contributed by atoms with Gasteiger partial charge in [-0.2, -0.15) is 0 Å². The molecular weight excluding hydrogens is 887 g/mol. The van der Waals surface area contributed by atoms with E-state index in [-0.39, 0.29) is 0 Å². The highest BCUT2D eigenvalue weighted by Crippen LogP contribution is 2.57. The van der Waals surface area contributed by atoms with Crippen LogP contribution in [0.15, 0.2) is 277 Å². The standard InChI is InChI=1S/C69H45N3O/c1-7-25-46(26-8-1)52-37-19-21-39-55(52)59-45-58(49-31-13-4-14-32-49)66(65-54(48-29-11-3-12-30-48)43-44-61-64(65)57-41-23-24-42-60(57)73-61)67(62(59)50-33-15-5-16-34-50)69-63(51-35-17-6-18-36-51)68(70-72-71-69)56-40-22-20-38-53(56)47-27-9-2-10-28-47/h1-45H. The molecule has 0 aliphatic heterocycles. The third-order valence-corrected chi connectivity index (χ3v) is 14.0. The first-order valence-corrected chi connectivity index (χ1v) is 24.7. The van der Waals surface area contributed by atoms with E-state index in [1.807, 2.05) is 6.07 Å². The summed E-state index contributed by atoms with van der Waals surface area (Å²) >= 11 is 0. The van der Waals surface area contributed by atoms with E-state index >= 15 is 0 Å². The first-order valence-electron chi connectivity index (χ1n) is 24.7. The van der Waals surface area contributed by atoms with Crippen LogP contribution in [-0.2, 0) is 0 Å². The van der Waals surface area contributed by atoms with Crippen LogP contribution in [0.4, 0.5) is 0 Å². The van der Waals surface area contributed by atoms with E-state index in [0.29, 0.717) is 5.69 Å². The number of furan rings is 1. The van der Waals surface area contributed by atoms with Crippen molar-refractivity contribution in [3.05, 3.63) is 273 Å².